The second kappa shape index (κ2) is 14.9. The molecule has 2 amide bonds. The minimum atomic E-state index is -2.78. The fourth-order valence-electron chi connectivity index (χ4n) is 4.64. The van der Waals surface area contributed by atoms with Crippen molar-refractivity contribution >= 4 is 29.6 Å². The molecule has 3 N–H and O–H groups in total. The van der Waals surface area contributed by atoms with Crippen molar-refractivity contribution in [3.8, 4) is 16.8 Å². The van der Waals surface area contributed by atoms with Crippen molar-refractivity contribution < 1.29 is 23.1 Å². The molecular formula is C33H40ClF2N9O3. The molecule has 0 saturated carbocycles. The minimum absolute atomic E-state index is 0.0491. The minimum Gasteiger partial charge on any atom is -0.447 e. The molecule has 2 aromatic carbocycles. The van der Waals surface area contributed by atoms with E-state index >= 15 is 0 Å². The maximum Gasteiger partial charge on any atom is 0.407 e. The van der Waals surface area contributed by atoms with Gasteiger partial charge >= 0.3 is 12.6 Å². The average Bonchev–Trinajstić information content (AvgIpc) is 3.71. The van der Waals surface area contributed by atoms with Crippen LogP contribution < -0.4 is 10.6 Å². The number of benzene rings is 2. The molecule has 2 aromatic heterocycles. The largest absolute Gasteiger partial charge is 0.447 e. The summed E-state index contributed by atoms with van der Waals surface area (Å²) >= 11 is 6.52. The van der Waals surface area contributed by atoms with Crippen LogP contribution in [0.1, 0.15) is 76.5 Å². The summed E-state index contributed by atoms with van der Waals surface area (Å²) in [5.41, 5.74) is 1.54. The quantitative estimate of drug-likeness (QED) is 0.123. The van der Waals surface area contributed by atoms with Gasteiger partial charge in [-0.1, -0.05) is 50.6 Å². The van der Waals surface area contributed by atoms with Gasteiger partial charge in [0.2, 0.25) is 0 Å². The van der Waals surface area contributed by atoms with Crippen LogP contribution in [0.3, 0.4) is 0 Å². The Labute approximate surface area is 282 Å². The Morgan fingerprint density at radius 2 is 1.75 bits per heavy atom. The average molecular weight is 684 g/mol. The first kappa shape index (κ1) is 36.0. The summed E-state index contributed by atoms with van der Waals surface area (Å²) in [7, 11) is 0. The molecule has 0 spiro atoms. The highest BCUT2D eigenvalue weighted by Crippen LogP contribution is 2.30. The van der Waals surface area contributed by atoms with E-state index in [9.17, 15) is 18.4 Å². The van der Waals surface area contributed by atoms with E-state index in [1.54, 1.807) is 42.5 Å². The van der Waals surface area contributed by atoms with Gasteiger partial charge in [-0.05, 0) is 68.0 Å². The number of nitrogens with one attached hydrogen (secondary N) is 3. The van der Waals surface area contributed by atoms with E-state index in [1.165, 1.54) is 34.6 Å². The molecule has 2 heterocycles. The van der Waals surface area contributed by atoms with Crippen molar-refractivity contribution in [3.05, 3.63) is 83.7 Å². The van der Waals surface area contributed by atoms with E-state index in [2.05, 4.69) is 46.6 Å². The van der Waals surface area contributed by atoms with Gasteiger partial charge in [-0.25, -0.2) is 19.1 Å². The zero-order valence-electron chi connectivity index (χ0n) is 27.7. The van der Waals surface area contributed by atoms with Crippen LogP contribution in [-0.2, 0) is 4.74 Å². The second-order valence-electron chi connectivity index (χ2n) is 13.4. The van der Waals surface area contributed by atoms with Crippen LogP contribution in [0.4, 0.5) is 13.6 Å². The van der Waals surface area contributed by atoms with Gasteiger partial charge in [0, 0.05) is 29.4 Å². The number of halogens is 3. The zero-order chi connectivity index (χ0) is 35.2. The molecule has 15 heteroatoms. The number of amides is 2. The van der Waals surface area contributed by atoms with Crippen molar-refractivity contribution in [2.24, 2.45) is 5.41 Å². The number of aromatic nitrogens is 5. The first-order valence-electron chi connectivity index (χ1n) is 15.2. The number of ether oxygens (including phenoxy) is 1. The number of carbonyl (C=O) groups is 2. The summed E-state index contributed by atoms with van der Waals surface area (Å²) in [5, 5.41) is 23.1. The van der Waals surface area contributed by atoms with Crippen LogP contribution in [0.2, 0.25) is 5.02 Å². The van der Waals surface area contributed by atoms with Crippen molar-refractivity contribution in [3.63, 3.8) is 0 Å². The monoisotopic (exact) mass is 683 g/mol. The lowest BCUT2D eigenvalue weighted by Gasteiger charge is -2.33. The smallest absolute Gasteiger partial charge is 0.407 e. The summed E-state index contributed by atoms with van der Waals surface area (Å²) in [6, 6.07) is 10.3. The van der Waals surface area contributed by atoms with E-state index in [4.69, 9.17) is 21.7 Å². The Morgan fingerprint density at radius 1 is 1.04 bits per heavy atom. The van der Waals surface area contributed by atoms with Gasteiger partial charge in [-0.2, -0.15) is 19.0 Å². The molecular weight excluding hydrogens is 644 g/mol. The van der Waals surface area contributed by atoms with Gasteiger partial charge in [-0.15, -0.1) is 0 Å². The Balaban J connectivity index is 1.76. The lowest BCUT2D eigenvalue weighted by Crippen LogP contribution is -2.49. The van der Waals surface area contributed by atoms with Crippen LogP contribution in [0.5, 0.6) is 0 Å². The van der Waals surface area contributed by atoms with Gasteiger partial charge in [-0.3, -0.25) is 15.1 Å². The predicted molar refractivity (Wildman–Crippen MR) is 178 cm³/mol. The molecule has 0 bridgehead atoms. The van der Waals surface area contributed by atoms with Gasteiger partial charge < -0.3 is 15.4 Å². The van der Waals surface area contributed by atoms with Gasteiger partial charge in [0.05, 0.1) is 22.9 Å². The van der Waals surface area contributed by atoms with Gasteiger partial charge in [0.1, 0.15) is 19.3 Å². The molecule has 1 atom stereocenters. The fraction of sp³-hybridized carbons (Fsp3) is 0.394. The topological polar surface area (TPSA) is 143 Å². The molecule has 0 saturated heterocycles. The molecule has 0 aliphatic heterocycles. The van der Waals surface area contributed by atoms with Crippen LogP contribution in [0.15, 0.2) is 67.5 Å². The van der Waals surface area contributed by atoms with E-state index < -0.39 is 30.1 Å². The summed E-state index contributed by atoms with van der Waals surface area (Å²) in [5.74, 6) is -0.784. The van der Waals surface area contributed by atoms with Crippen LogP contribution in [0.25, 0.3) is 16.8 Å². The number of hydrogen-bond acceptors (Lipinski definition) is 7. The number of alkyl halides is 2. The molecule has 4 rings (SSSR count). The third-order valence-electron chi connectivity index (χ3n) is 7.08. The highest BCUT2D eigenvalue weighted by molar-refractivity contribution is 6.32. The normalized spacial score (nSPS) is 12.5. The summed E-state index contributed by atoms with van der Waals surface area (Å²) in [6.07, 6.45) is 5.35. The number of rotatable bonds is 10. The third kappa shape index (κ3) is 9.59. The van der Waals surface area contributed by atoms with Crippen molar-refractivity contribution in [2.45, 2.75) is 66.1 Å². The lowest BCUT2D eigenvalue weighted by atomic mass is 9.92. The van der Waals surface area contributed by atoms with Crippen molar-refractivity contribution in [1.82, 2.24) is 40.1 Å². The first-order chi connectivity index (χ1) is 22.5. The SMILES string of the molecule is CC(C)(C)CCNC(=N)N(C(=O)c1ccc(-c2cnn(C(F)F)c2)cc1)[C@H](COC(=O)NC(C)(C)C)c1ccc(Cl)c(-n2cncn2)c1. The van der Waals surface area contributed by atoms with Gasteiger partial charge in [0.15, 0.2) is 5.96 Å². The number of carbonyl (C=O) groups excluding carboxylic acids is 2. The highest BCUT2D eigenvalue weighted by Gasteiger charge is 2.32. The molecule has 0 fully saturated rings. The van der Waals surface area contributed by atoms with Crippen LogP contribution in [0, 0.1) is 10.8 Å². The van der Waals surface area contributed by atoms with Crippen LogP contribution in [-0.4, -0.2) is 66.1 Å². The van der Waals surface area contributed by atoms with Crippen molar-refractivity contribution in [2.75, 3.05) is 13.2 Å². The second-order valence-corrected chi connectivity index (χ2v) is 13.8. The first-order valence-corrected chi connectivity index (χ1v) is 15.6. The summed E-state index contributed by atoms with van der Waals surface area (Å²) in [4.78, 5) is 32.4. The third-order valence-corrected chi connectivity index (χ3v) is 7.39. The predicted octanol–water partition coefficient (Wildman–Crippen LogP) is 6.85. The summed E-state index contributed by atoms with van der Waals surface area (Å²) in [6.45, 7) is 8.91. The van der Waals surface area contributed by atoms with E-state index in [0.717, 1.165) is 0 Å². The van der Waals surface area contributed by atoms with Crippen LogP contribution >= 0.6 is 11.6 Å². The molecule has 0 radical (unpaired) electrons. The van der Waals surface area contributed by atoms with Crippen molar-refractivity contribution in [1.29, 1.82) is 5.41 Å². The number of alkyl carbamates (subject to hydrolysis) is 1. The maximum atomic E-state index is 14.4. The molecule has 4 aromatic rings. The molecule has 0 unspecified atom stereocenters. The Morgan fingerprint density at radius 3 is 2.33 bits per heavy atom. The number of hydrogen-bond donors (Lipinski definition) is 3. The van der Waals surface area contributed by atoms with E-state index in [0.29, 0.717) is 45.0 Å². The Hall–Kier alpha value is -4.85. The Kier molecular flexibility index (Phi) is 11.2. The fourth-order valence-corrected chi connectivity index (χ4v) is 4.84. The summed E-state index contributed by atoms with van der Waals surface area (Å²) < 4.78 is 33.9. The molecule has 256 valence electrons. The van der Waals surface area contributed by atoms with E-state index in [1.807, 2.05) is 20.8 Å². The molecule has 12 nitrogen and oxygen atoms in total. The van der Waals surface area contributed by atoms with E-state index in [-0.39, 0.29) is 23.5 Å². The number of guanidine groups is 1. The zero-order valence-corrected chi connectivity index (χ0v) is 28.4. The molecule has 0 aliphatic carbocycles. The molecule has 48 heavy (non-hydrogen) atoms. The Bertz CT molecular complexity index is 1710. The standard InChI is InChI=1S/C33H40ClF2N9O3/c1-32(2,3)13-14-39-30(37)45(28(46)22-9-7-21(8-10-22)24-16-40-43(17-24)29(35)36)27(18-48-31(47)42-33(4,5)6)23-11-12-25(34)26(15-23)44-20-38-19-41-44/h7-12,15-17,19-20,27,29H,13-14,18H2,1-6H3,(H2,37,39)(H,42,47)/t27-/m1/s1. The maximum absolute atomic E-state index is 14.4. The molecule has 0 aliphatic rings. The van der Waals surface area contributed by atoms with Gasteiger partial charge in [0.25, 0.3) is 5.91 Å². The lowest BCUT2D eigenvalue weighted by molar-refractivity contribution is 0.0566. The highest BCUT2D eigenvalue weighted by atomic mass is 35.5. The number of nitrogens with zero attached hydrogens (tertiary/aromatic N) is 6.